The van der Waals surface area contributed by atoms with Gasteiger partial charge in [-0.25, -0.2) is 9.18 Å². The number of halogens is 1. The first-order valence-corrected chi connectivity index (χ1v) is 10.7. The first kappa shape index (κ1) is 23.9. The molecule has 0 aliphatic rings. The lowest BCUT2D eigenvalue weighted by Gasteiger charge is -2.22. The van der Waals surface area contributed by atoms with E-state index in [1.807, 2.05) is 0 Å². The van der Waals surface area contributed by atoms with Crippen LogP contribution in [0.15, 0.2) is 54.6 Å². The van der Waals surface area contributed by atoms with Crippen LogP contribution in [-0.2, 0) is 18.3 Å². The van der Waals surface area contributed by atoms with Crippen molar-refractivity contribution in [3.63, 3.8) is 0 Å². The molecule has 0 radical (unpaired) electrons. The number of amides is 1. The van der Waals surface area contributed by atoms with E-state index in [4.69, 9.17) is 4.74 Å². The van der Waals surface area contributed by atoms with Crippen molar-refractivity contribution in [2.45, 2.75) is 27.3 Å². The molecule has 0 aliphatic heterocycles. The van der Waals surface area contributed by atoms with Crippen LogP contribution < -0.4 is 0 Å². The Morgan fingerprint density at radius 3 is 2.24 bits per heavy atom. The van der Waals surface area contributed by atoms with Crippen LogP contribution in [0.4, 0.5) is 4.39 Å². The second-order valence-electron chi connectivity index (χ2n) is 7.79. The molecule has 1 amide bonds. The summed E-state index contributed by atoms with van der Waals surface area (Å²) in [5.41, 5.74) is 2.99. The molecule has 0 unspecified atom stereocenters. The zero-order valence-corrected chi connectivity index (χ0v) is 19.2. The zero-order valence-electron chi connectivity index (χ0n) is 19.2. The quantitative estimate of drug-likeness (QED) is 0.375. The van der Waals surface area contributed by atoms with E-state index in [0.717, 1.165) is 0 Å². The van der Waals surface area contributed by atoms with Gasteiger partial charge in [-0.15, -0.1) is 0 Å². The number of hydrogen-bond donors (Lipinski definition) is 0. The van der Waals surface area contributed by atoms with Crippen LogP contribution in [0, 0.1) is 19.7 Å². The molecule has 0 fully saturated rings. The summed E-state index contributed by atoms with van der Waals surface area (Å²) in [4.78, 5) is 40.5. The lowest BCUT2D eigenvalue weighted by molar-refractivity contribution is 0.0514. The van der Waals surface area contributed by atoms with Gasteiger partial charge in [0.15, 0.2) is 5.78 Å². The maximum absolute atomic E-state index is 13.4. The van der Waals surface area contributed by atoms with Gasteiger partial charge in [0.05, 0.1) is 13.2 Å². The molecule has 0 atom stereocenters. The minimum absolute atomic E-state index is 0.134. The molecule has 7 heteroatoms. The maximum Gasteiger partial charge on any atom is 0.355 e. The monoisotopic (exact) mass is 450 g/mol. The standard InChI is InChI=1S/C26H27FN2O4/c1-5-33-26(32)24-17(2)23(18(3)28(24)4)22(30)16-29(15-19-11-13-21(27)14-12-19)25(31)20-9-7-6-8-10-20/h6-14H,5,15-16H2,1-4H3. The topological polar surface area (TPSA) is 68.6 Å². The van der Waals surface area contributed by atoms with Gasteiger partial charge in [0.1, 0.15) is 11.5 Å². The molecule has 1 aromatic heterocycles. The molecule has 0 N–H and O–H groups in total. The third kappa shape index (κ3) is 5.19. The molecule has 2 aromatic carbocycles. The molecule has 0 aliphatic carbocycles. The number of hydrogen-bond acceptors (Lipinski definition) is 4. The van der Waals surface area contributed by atoms with Crippen molar-refractivity contribution in [1.29, 1.82) is 0 Å². The van der Waals surface area contributed by atoms with E-state index in [9.17, 15) is 18.8 Å². The molecule has 0 spiro atoms. The van der Waals surface area contributed by atoms with Gasteiger partial charge in [0, 0.05) is 30.4 Å². The molecule has 0 bridgehead atoms. The van der Waals surface area contributed by atoms with Crippen molar-refractivity contribution in [3.8, 4) is 0 Å². The molecule has 0 saturated carbocycles. The predicted molar refractivity (Wildman–Crippen MR) is 123 cm³/mol. The minimum atomic E-state index is -0.497. The van der Waals surface area contributed by atoms with Crippen molar-refractivity contribution in [2.24, 2.45) is 7.05 Å². The Hall–Kier alpha value is -3.74. The summed E-state index contributed by atoms with van der Waals surface area (Å²) in [5.74, 6) is -1.48. The highest BCUT2D eigenvalue weighted by Crippen LogP contribution is 2.23. The van der Waals surface area contributed by atoms with Crippen LogP contribution >= 0.6 is 0 Å². The molecular weight excluding hydrogens is 423 g/mol. The van der Waals surface area contributed by atoms with Crippen molar-refractivity contribution >= 4 is 17.7 Å². The van der Waals surface area contributed by atoms with Gasteiger partial charge in [0.2, 0.25) is 0 Å². The van der Waals surface area contributed by atoms with Crippen LogP contribution in [0.2, 0.25) is 0 Å². The molecule has 6 nitrogen and oxygen atoms in total. The Kier molecular flexibility index (Phi) is 7.43. The highest BCUT2D eigenvalue weighted by Gasteiger charge is 2.28. The largest absolute Gasteiger partial charge is 0.461 e. The Balaban J connectivity index is 1.95. The first-order valence-electron chi connectivity index (χ1n) is 10.7. The lowest BCUT2D eigenvalue weighted by atomic mass is 10.0. The highest BCUT2D eigenvalue weighted by atomic mass is 19.1. The van der Waals surface area contributed by atoms with E-state index in [1.165, 1.54) is 17.0 Å². The van der Waals surface area contributed by atoms with Crippen molar-refractivity contribution in [3.05, 3.63) is 94.1 Å². The van der Waals surface area contributed by atoms with Crippen LogP contribution in [0.25, 0.3) is 0 Å². The summed E-state index contributed by atoms with van der Waals surface area (Å²) in [6.07, 6.45) is 0. The van der Waals surface area contributed by atoms with Crippen LogP contribution in [-0.4, -0.2) is 40.3 Å². The number of aromatic nitrogens is 1. The fourth-order valence-corrected chi connectivity index (χ4v) is 3.90. The molecule has 0 saturated heterocycles. The average Bonchev–Trinajstić information content (AvgIpc) is 3.03. The third-order valence-electron chi connectivity index (χ3n) is 5.61. The first-order chi connectivity index (χ1) is 15.7. The second kappa shape index (κ2) is 10.3. The number of carbonyl (C=O) groups excluding carboxylic acids is 3. The normalized spacial score (nSPS) is 10.7. The molecule has 172 valence electrons. The van der Waals surface area contributed by atoms with Gasteiger partial charge in [-0.2, -0.15) is 0 Å². The van der Waals surface area contributed by atoms with Crippen LogP contribution in [0.3, 0.4) is 0 Å². The van der Waals surface area contributed by atoms with Crippen molar-refractivity contribution < 1.29 is 23.5 Å². The summed E-state index contributed by atoms with van der Waals surface area (Å²) in [5, 5.41) is 0. The number of rotatable bonds is 8. The highest BCUT2D eigenvalue weighted by molar-refractivity contribution is 6.06. The van der Waals surface area contributed by atoms with Crippen molar-refractivity contribution in [1.82, 2.24) is 9.47 Å². The molecule has 1 heterocycles. The Morgan fingerprint density at radius 2 is 1.64 bits per heavy atom. The van der Waals surface area contributed by atoms with E-state index in [1.54, 1.807) is 74.9 Å². The lowest BCUT2D eigenvalue weighted by Crippen LogP contribution is -2.35. The van der Waals surface area contributed by atoms with Gasteiger partial charge in [0.25, 0.3) is 5.91 Å². The molecule has 3 aromatic rings. The summed E-state index contributed by atoms with van der Waals surface area (Å²) in [6, 6.07) is 14.5. The van der Waals surface area contributed by atoms with Crippen molar-refractivity contribution in [2.75, 3.05) is 13.2 Å². The van der Waals surface area contributed by atoms with Crippen LogP contribution in [0.1, 0.15) is 54.9 Å². The number of esters is 1. The Bertz CT molecular complexity index is 1170. The summed E-state index contributed by atoms with van der Waals surface area (Å²) in [6.45, 7) is 5.34. The maximum atomic E-state index is 13.4. The predicted octanol–water partition coefficient (Wildman–Crippen LogP) is 4.48. The summed E-state index contributed by atoms with van der Waals surface area (Å²) in [7, 11) is 1.71. The minimum Gasteiger partial charge on any atom is -0.461 e. The Labute approximate surface area is 192 Å². The van der Waals surface area contributed by atoms with Gasteiger partial charge < -0.3 is 14.2 Å². The number of carbonyl (C=O) groups is 3. The number of benzene rings is 2. The second-order valence-corrected chi connectivity index (χ2v) is 7.79. The van der Waals surface area contributed by atoms with E-state index in [-0.39, 0.29) is 37.2 Å². The SMILES string of the molecule is CCOC(=O)c1c(C)c(C(=O)CN(Cc2ccc(F)cc2)C(=O)c2ccccc2)c(C)n1C. The molecular formula is C26H27FN2O4. The summed E-state index contributed by atoms with van der Waals surface area (Å²) < 4.78 is 20.1. The van der Waals surface area contributed by atoms with Gasteiger partial charge >= 0.3 is 5.97 Å². The summed E-state index contributed by atoms with van der Waals surface area (Å²) >= 11 is 0. The molecule has 3 rings (SSSR count). The van der Waals surface area contributed by atoms with E-state index < -0.39 is 5.97 Å². The smallest absolute Gasteiger partial charge is 0.355 e. The third-order valence-corrected chi connectivity index (χ3v) is 5.61. The van der Waals surface area contributed by atoms with E-state index in [0.29, 0.717) is 33.6 Å². The fraction of sp³-hybridized carbons (Fsp3) is 0.269. The van der Waals surface area contributed by atoms with E-state index >= 15 is 0 Å². The number of ether oxygens (including phenoxy) is 1. The fourth-order valence-electron chi connectivity index (χ4n) is 3.90. The average molecular weight is 451 g/mol. The Morgan fingerprint density at radius 1 is 1.00 bits per heavy atom. The van der Waals surface area contributed by atoms with Gasteiger partial charge in [-0.05, 0) is 56.2 Å². The number of nitrogens with zero attached hydrogens (tertiary/aromatic N) is 2. The number of Topliss-reactive ketones (excluding diaryl/α,β-unsaturated/α-hetero) is 1. The van der Waals surface area contributed by atoms with E-state index in [2.05, 4.69) is 0 Å². The molecule has 33 heavy (non-hydrogen) atoms. The van der Waals surface area contributed by atoms with Gasteiger partial charge in [-0.1, -0.05) is 30.3 Å². The van der Waals surface area contributed by atoms with Crippen LogP contribution in [0.5, 0.6) is 0 Å². The zero-order chi connectivity index (χ0) is 24.1. The number of ketones is 1. The van der Waals surface area contributed by atoms with Gasteiger partial charge in [-0.3, -0.25) is 9.59 Å².